The van der Waals surface area contributed by atoms with E-state index >= 15 is 0 Å². The minimum Gasteiger partial charge on any atom is -0.398 e. The molecule has 0 amide bonds. The number of fused-ring (bicyclic) bond motifs is 3. The number of nitrogens with zero attached hydrogens (tertiary/aromatic N) is 1. The molecule has 0 radical (unpaired) electrons. The van der Waals surface area contributed by atoms with Crippen molar-refractivity contribution in [2.24, 2.45) is 5.73 Å². The molecule has 0 spiro atoms. The molecule has 3 aromatic carbocycles. The van der Waals surface area contributed by atoms with Crippen molar-refractivity contribution in [3.63, 3.8) is 0 Å². The normalized spacial score (nSPS) is 13.6. The van der Waals surface area contributed by atoms with Gasteiger partial charge in [0.25, 0.3) is 0 Å². The van der Waals surface area contributed by atoms with Gasteiger partial charge in [-0.1, -0.05) is 78.9 Å². The lowest BCUT2D eigenvalue weighted by molar-refractivity contribution is 0.888. The van der Waals surface area contributed by atoms with Crippen LogP contribution in [-0.4, -0.2) is 4.57 Å². The van der Waals surface area contributed by atoms with Crippen LogP contribution in [0.5, 0.6) is 0 Å². The molecule has 2 N–H and O–H groups in total. The molecule has 1 heterocycles. The van der Waals surface area contributed by atoms with E-state index in [1.165, 1.54) is 33.4 Å². The van der Waals surface area contributed by atoms with Crippen molar-refractivity contribution >= 4 is 22.7 Å². The zero-order chi connectivity index (χ0) is 19.6. The van der Waals surface area contributed by atoms with Crippen molar-refractivity contribution in [2.75, 3.05) is 0 Å². The molecular formula is C27H24N2. The van der Waals surface area contributed by atoms with E-state index in [4.69, 9.17) is 5.73 Å². The first-order chi connectivity index (χ1) is 14.3. The zero-order valence-corrected chi connectivity index (χ0v) is 16.4. The molecule has 0 bridgehead atoms. The highest BCUT2D eigenvalue weighted by Gasteiger charge is 2.17. The highest BCUT2D eigenvalue weighted by Crippen LogP contribution is 2.33. The van der Waals surface area contributed by atoms with Gasteiger partial charge in [0.15, 0.2) is 0 Å². The van der Waals surface area contributed by atoms with Crippen molar-refractivity contribution < 1.29 is 0 Å². The third-order valence-electron chi connectivity index (χ3n) is 5.71. The van der Waals surface area contributed by atoms with Gasteiger partial charge in [0, 0.05) is 28.0 Å². The van der Waals surface area contributed by atoms with E-state index in [2.05, 4.69) is 71.3 Å². The molecule has 29 heavy (non-hydrogen) atoms. The van der Waals surface area contributed by atoms with Crippen LogP contribution >= 0.6 is 0 Å². The van der Waals surface area contributed by atoms with E-state index in [9.17, 15) is 0 Å². The van der Waals surface area contributed by atoms with Crippen LogP contribution in [0.1, 0.15) is 28.8 Å². The monoisotopic (exact) mass is 376 g/mol. The minimum absolute atomic E-state index is 0.826. The van der Waals surface area contributed by atoms with Gasteiger partial charge in [-0.25, -0.2) is 0 Å². The van der Waals surface area contributed by atoms with E-state index in [1.54, 1.807) is 0 Å². The second-order valence-electron chi connectivity index (χ2n) is 7.55. The molecule has 1 aromatic heterocycles. The third-order valence-corrected chi connectivity index (χ3v) is 5.71. The Kier molecular flexibility index (Phi) is 4.53. The Hall–Kier alpha value is -3.52. The summed E-state index contributed by atoms with van der Waals surface area (Å²) in [5, 5.41) is 1.33. The maximum absolute atomic E-state index is 6.24. The molecule has 0 saturated heterocycles. The van der Waals surface area contributed by atoms with Gasteiger partial charge in [0.2, 0.25) is 0 Å². The Bertz CT molecular complexity index is 1210. The van der Waals surface area contributed by atoms with E-state index < -0.39 is 0 Å². The fourth-order valence-corrected chi connectivity index (χ4v) is 4.22. The molecule has 0 saturated carbocycles. The quantitative estimate of drug-likeness (QED) is 0.456. The van der Waals surface area contributed by atoms with Crippen LogP contribution in [0.15, 0.2) is 91.0 Å². The standard InChI is InChI=1S/C27H24N2/c28-25(21-8-2-1-3-9-21)19-16-20-14-17-22(18-15-20)29-26-12-6-4-10-23(26)24-11-5-7-13-27(24)29/h1-6,8-12,14-15,17-19H,7,13,16,28H2/b25-19-. The number of rotatable bonds is 4. The Labute approximate surface area is 171 Å². The smallest absolute Gasteiger partial charge is 0.0537 e. The van der Waals surface area contributed by atoms with Crippen LogP contribution in [-0.2, 0) is 12.8 Å². The minimum atomic E-state index is 0.826. The highest BCUT2D eigenvalue weighted by atomic mass is 15.0. The number of hydrogen-bond acceptors (Lipinski definition) is 1. The van der Waals surface area contributed by atoms with Gasteiger partial charge >= 0.3 is 0 Å². The zero-order valence-electron chi connectivity index (χ0n) is 16.4. The van der Waals surface area contributed by atoms with E-state index in [0.29, 0.717) is 0 Å². The lowest BCUT2D eigenvalue weighted by atomic mass is 10.0. The summed E-state index contributed by atoms with van der Waals surface area (Å²) in [5.41, 5.74) is 14.7. The van der Waals surface area contributed by atoms with Crippen LogP contribution < -0.4 is 5.73 Å². The number of aromatic nitrogens is 1. The maximum Gasteiger partial charge on any atom is 0.0537 e. The van der Waals surface area contributed by atoms with Gasteiger partial charge in [-0.05, 0) is 48.6 Å². The van der Waals surface area contributed by atoms with Crippen molar-refractivity contribution in [1.29, 1.82) is 0 Å². The number of para-hydroxylation sites is 1. The predicted octanol–water partition coefficient (Wildman–Crippen LogP) is 6.13. The summed E-state index contributed by atoms with van der Waals surface area (Å²) < 4.78 is 2.42. The lowest BCUT2D eigenvalue weighted by Crippen LogP contribution is -2.03. The van der Waals surface area contributed by atoms with Crippen LogP contribution in [0, 0.1) is 0 Å². The van der Waals surface area contributed by atoms with Crippen molar-refractivity contribution in [2.45, 2.75) is 19.3 Å². The average molecular weight is 377 g/mol. The Balaban J connectivity index is 1.47. The Morgan fingerprint density at radius 1 is 0.897 bits per heavy atom. The van der Waals surface area contributed by atoms with E-state index in [1.807, 2.05) is 30.3 Å². The second kappa shape index (κ2) is 7.48. The van der Waals surface area contributed by atoms with E-state index in [-0.39, 0.29) is 0 Å². The fourth-order valence-electron chi connectivity index (χ4n) is 4.22. The van der Waals surface area contributed by atoms with Crippen LogP contribution in [0.4, 0.5) is 0 Å². The number of allylic oxidation sites excluding steroid dienone is 2. The Morgan fingerprint density at radius 2 is 1.66 bits per heavy atom. The lowest BCUT2D eigenvalue weighted by Gasteiger charge is -2.13. The molecular weight excluding hydrogens is 352 g/mol. The molecule has 0 atom stereocenters. The summed E-state index contributed by atoms with van der Waals surface area (Å²) >= 11 is 0. The number of nitrogens with two attached hydrogens (primary N) is 1. The molecule has 5 rings (SSSR count). The SMILES string of the molecule is N/C(=C\Cc1ccc(-n2c3c(c4ccccc42)C=CCC3)cc1)c1ccccc1. The van der Waals surface area contributed by atoms with E-state index in [0.717, 1.165) is 30.5 Å². The molecule has 2 nitrogen and oxygen atoms in total. The Morgan fingerprint density at radius 3 is 2.48 bits per heavy atom. The number of hydrogen-bond donors (Lipinski definition) is 1. The molecule has 1 aliphatic rings. The summed E-state index contributed by atoms with van der Waals surface area (Å²) in [7, 11) is 0. The van der Waals surface area contributed by atoms with Crippen LogP contribution in [0.2, 0.25) is 0 Å². The average Bonchev–Trinajstić information content (AvgIpc) is 3.13. The van der Waals surface area contributed by atoms with Gasteiger partial charge in [-0.2, -0.15) is 0 Å². The first-order valence-electron chi connectivity index (χ1n) is 10.2. The molecule has 2 heteroatoms. The van der Waals surface area contributed by atoms with Crippen molar-refractivity contribution in [1.82, 2.24) is 4.57 Å². The largest absolute Gasteiger partial charge is 0.398 e. The van der Waals surface area contributed by atoms with Crippen LogP contribution in [0.3, 0.4) is 0 Å². The molecule has 4 aromatic rings. The summed E-state index contributed by atoms with van der Waals surface area (Å²) in [5.74, 6) is 0. The highest BCUT2D eigenvalue weighted by molar-refractivity contribution is 5.93. The van der Waals surface area contributed by atoms with Gasteiger partial charge < -0.3 is 10.3 Å². The van der Waals surface area contributed by atoms with Crippen LogP contribution in [0.25, 0.3) is 28.4 Å². The van der Waals surface area contributed by atoms with Crippen molar-refractivity contribution in [3.05, 3.63) is 113 Å². The topological polar surface area (TPSA) is 30.9 Å². The molecule has 0 unspecified atom stereocenters. The maximum atomic E-state index is 6.24. The summed E-state index contributed by atoms with van der Waals surface area (Å²) in [4.78, 5) is 0. The van der Waals surface area contributed by atoms with Gasteiger partial charge in [0.05, 0.1) is 5.52 Å². The van der Waals surface area contributed by atoms with Gasteiger partial charge in [-0.3, -0.25) is 0 Å². The summed E-state index contributed by atoms with van der Waals surface area (Å²) in [6.07, 6.45) is 9.68. The number of benzene rings is 3. The first-order valence-corrected chi connectivity index (χ1v) is 10.2. The summed E-state index contributed by atoms with van der Waals surface area (Å²) in [6.45, 7) is 0. The molecule has 0 fully saturated rings. The van der Waals surface area contributed by atoms with Gasteiger partial charge in [0.1, 0.15) is 0 Å². The van der Waals surface area contributed by atoms with Crippen molar-refractivity contribution in [3.8, 4) is 5.69 Å². The van der Waals surface area contributed by atoms with Gasteiger partial charge in [-0.15, -0.1) is 0 Å². The molecule has 142 valence electrons. The third kappa shape index (κ3) is 3.27. The molecule has 0 aliphatic heterocycles. The first kappa shape index (κ1) is 17.6. The molecule has 1 aliphatic carbocycles. The summed E-state index contributed by atoms with van der Waals surface area (Å²) in [6, 6.07) is 27.7. The fraction of sp³-hybridized carbons (Fsp3) is 0.111. The predicted molar refractivity (Wildman–Crippen MR) is 123 cm³/mol. The second-order valence-corrected chi connectivity index (χ2v) is 7.55.